The number of carbonyl (C=O) groups excluding carboxylic acids is 1. The second-order valence-corrected chi connectivity index (χ2v) is 4.99. The van der Waals surface area contributed by atoms with E-state index in [1.807, 2.05) is 0 Å². The Hall–Kier alpha value is -2.28. The number of carbonyl (C=O) groups is 2. The lowest BCUT2D eigenvalue weighted by molar-refractivity contribution is 0.0698. The molecule has 0 atom stereocenters. The van der Waals surface area contributed by atoms with Gasteiger partial charge in [0, 0.05) is 10.0 Å². The quantitative estimate of drug-likeness (QED) is 0.882. The Balaban J connectivity index is 2.31. The van der Waals surface area contributed by atoms with E-state index >= 15 is 0 Å². The van der Waals surface area contributed by atoms with Gasteiger partial charge in [0.2, 0.25) is 0 Å². The number of carboxylic acid groups (broad SMARTS) is 1. The molecule has 0 aromatic heterocycles. The molecule has 1 amide bonds. The maximum Gasteiger partial charge on any atom is 0.337 e. The highest BCUT2D eigenvalue weighted by Gasteiger charge is 2.15. The molecule has 2 aromatic carbocycles. The second-order valence-electron chi connectivity index (χ2n) is 4.08. The van der Waals surface area contributed by atoms with Crippen LogP contribution in [0.1, 0.15) is 20.7 Å². The van der Waals surface area contributed by atoms with Crippen LogP contribution in [0.25, 0.3) is 0 Å². The van der Waals surface area contributed by atoms with Crippen molar-refractivity contribution in [2.75, 3.05) is 5.32 Å². The molecule has 0 aliphatic rings. The van der Waals surface area contributed by atoms with Crippen molar-refractivity contribution in [1.82, 2.24) is 0 Å². The minimum Gasteiger partial charge on any atom is -0.478 e. The summed E-state index contributed by atoms with van der Waals surface area (Å²) in [4.78, 5) is 23.0. The Kier molecular flexibility index (Phi) is 4.32. The number of nitrogens with one attached hydrogen (secondary N) is 1. The Bertz CT molecular complexity index is 734. The summed E-state index contributed by atoms with van der Waals surface area (Å²) in [6.45, 7) is 0. The molecule has 0 saturated carbocycles. The predicted molar refractivity (Wildman–Crippen MR) is 75.4 cm³/mol. The van der Waals surface area contributed by atoms with E-state index in [1.54, 1.807) is 6.07 Å². The fourth-order valence-electron chi connectivity index (χ4n) is 1.63. The van der Waals surface area contributed by atoms with Gasteiger partial charge >= 0.3 is 5.97 Å². The molecule has 0 fully saturated rings. The first-order valence-corrected chi connectivity index (χ1v) is 6.47. The molecule has 0 spiro atoms. The van der Waals surface area contributed by atoms with Gasteiger partial charge in [-0.15, -0.1) is 0 Å². The van der Waals surface area contributed by atoms with Crippen molar-refractivity contribution in [3.05, 3.63) is 63.6 Å². The molecule has 108 valence electrons. The largest absolute Gasteiger partial charge is 0.478 e. The van der Waals surface area contributed by atoms with Crippen LogP contribution in [0, 0.1) is 11.6 Å². The molecule has 0 unspecified atom stereocenters. The average Bonchev–Trinajstić information content (AvgIpc) is 2.43. The van der Waals surface area contributed by atoms with E-state index in [9.17, 15) is 18.4 Å². The standard InChI is InChI=1S/C14H8BrF2NO3/c15-8-2-4-12(9(6-8)14(20)21)18-13(19)7-1-3-10(16)11(17)5-7/h1-6H,(H,18,19)(H,20,21). The molecule has 0 aliphatic carbocycles. The summed E-state index contributed by atoms with van der Waals surface area (Å²) in [6, 6.07) is 6.93. The van der Waals surface area contributed by atoms with Gasteiger partial charge in [-0.2, -0.15) is 0 Å². The third kappa shape index (κ3) is 3.43. The summed E-state index contributed by atoms with van der Waals surface area (Å²) in [6.07, 6.45) is 0. The number of halogens is 3. The van der Waals surface area contributed by atoms with Crippen LogP contribution in [0.4, 0.5) is 14.5 Å². The second kappa shape index (κ2) is 6.01. The van der Waals surface area contributed by atoms with Gasteiger partial charge < -0.3 is 10.4 Å². The van der Waals surface area contributed by atoms with Crippen LogP contribution in [0.15, 0.2) is 40.9 Å². The summed E-state index contributed by atoms with van der Waals surface area (Å²) in [5.41, 5.74) is -0.186. The maximum atomic E-state index is 13.1. The van der Waals surface area contributed by atoms with Crippen molar-refractivity contribution in [2.24, 2.45) is 0 Å². The highest BCUT2D eigenvalue weighted by molar-refractivity contribution is 9.10. The van der Waals surface area contributed by atoms with Crippen LogP contribution in [0.2, 0.25) is 0 Å². The summed E-state index contributed by atoms with van der Waals surface area (Å²) in [7, 11) is 0. The van der Waals surface area contributed by atoms with E-state index in [-0.39, 0.29) is 16.8 Å². The number of anilines is 1. The molecule has 2 aromatic rings. The lowest BCUT2D eigenvalue weighted by Crippen LogP contribution is -2.15. The zero-order chi connectivity index (χ0) is 15.6. The molecule has 0 radical (unpaired) electrons. The third-order valence-corrected chi connectivity index (χ3v) is 3.14. The summed E-state index contributed by atoms with van der Waals surface area (Å²) in [5, 5.41) is 11.4. The van der Waals surface area contributed by atoms with Crippen LogP contribution in [-0.2, 0) is 0 Å². The molecule has 7 heteroatoms. The van der Waals surface area contributed by atoms with Crippen molar-refractivity contribution >= 4 is 33.5 Å². The lowest BCUT2D eigenvalue weighted by Gasteiger charge is -2.09. The first kappa shape index (κ1) is 15.1. The van der Waals surface area contributed by atoms with Crippen LogP contribution in [-0.4, -0.2) is 17.0 Å². The van der Waals surface area contributed by atoms with Crippen LogP contribution in [0.3, 0.4) is 0 Å². The van der Waals surface area contributed by atoms with Crippen molar-refractivity contribution < 1.29 is 23.5 Å². The molecule has 2 rings (SSSR count). The molecule has 2 N–H and O–H groups in total. The normalized spacial score (nSPS) is 10.2. The minimum absolute atomic E-state index is 0.0560. The van der Waals surface area contributed by atoms with E-state index in [0.717, 1.165) is 18.2 Å². The molecule has 0 heterocycles. The van der Waals surface area contributed by atoms with E-state index in [0.29, 0.717) is 4.47 Å². The third-order valence-electron chi connectivity index (χ3n) is 2.64. The van der Waals surface area contributed by atoms with Gasteiger partial charge in [-0.05, 0) is 36.4 Å². The highest BCUT2D eigenvalue weighted by Crippen LogP contribution is 2.22. The Morgan fingerprint density at radius 1 is 1.05 bits per heavy atom. The number of hydrogen-bond acceptors (Lipinski definition) is 2. The number of rotatable bonds is 3. The van der Waals surface area contributed by atoms with Crippen molar-refractivity contribution in [3.63, 3.8) is 0 Å². The van der Waals surface area contributed by atoms with Crippen LogP contribution < -0.4 is 5.32 Å². The first-order chi connectivity index (χ1) is 9.88. The van der Waals surface area contributed by atoms with Gasteiger partial charge in [0.15, 0.2) is 11.6 Å². The molecular formula is C14H8BrF2NO3. The van der Waals surface area contributed by atoms with Crippen LogP contribution >= 0.6 is 15.9 Å². The maximum absolute atomic E-state index is 13.1. The molecule has 0 saturated heterocycles. The highest BCUT2D eigenvalue weighted by atomic mass is 79.9. The zero-order valence-corrected chi connectivity index (χ0v) is 11.9. The Labute approximate surface area is 126 Å². The predicted octanol–water partition coefficient (Wildman–Crippen LogP) is 3.68. The lowest BCUT2D eigenvalue weighted by atomic mass is 10.1. The number of benzene rings is 2. The molecule has 0 aliphatic heterocycles. The smallest absolute Gasteiger partial charge is 0.337 e. The fraction of sp³-hybridized carbons (Fsp3) is 0. The van der Waals surface area contributed by atoms with Gasteiger partial charge in [-0.1, -0.05) is 15.9 Å². The van der Waals surface area contributed by atoms with E-state index in [1.165, 1.54) is 12.1 Å². The Morgan fingerprint density at radius 3 is 2.38 bits per heavy atom. The molecule has 21 heavy (non-hydrogen) atoms. The van der Waals surface area contributed by atoms with Crippen molar-refractivity contribution in [1.29, 1.82) is 0 Å². The molecule has 0 bridgehead atoms. The van der Waals surface area contributed by atoms with Gasteiger partial charge in [0.05, 0.1) is 11.3 Å². The van der Waals surface area contributed by atoms with Crippen LogP contribution in [0.5, 0.6) is 0 Å². The van der Waals surface area contributed by atoms with Gasteiger partial charge in [0.1, 0.15) is 0 Å². The van der Waals surface area contributed by atoms with Crippen molar-refractivity contribution in [2.45, 2.75) is 0 Å². The fourth-order valence-corrected chi connectivity index (χ4v) is 2.00. The SMILES string of the molecule is O=C(Nc1ccc(Br)cc1C(=O)O)c1ccc(F)c(F)c1. The van der Waals surface area contributed by atoms with Gasteiger partial charge in [-0.25, -0.2) is 13.6 Å². The van der Waals surface area contributed by atoms with Gasteiger partial charge in [0.25, 0.3) is 5.91 Å². The minimum atomic E-state index is -1.23. The number of hydrogen-bond donors (Lipinski definition) is 2. The van der Waals surface area contributed by atoms with E-state index in [4.69, 9.17) is 5.11 Å². The van der Waals surface area contributed by atoms with Gasteiger partial charge in [-0.3, -0.25) is 4.79 Å². The summed E-state index contributed by atoms with van der Waals surface area (Å²) >= 11 is 3.13. The van der Waals surface area contributed by atoms with Crippen molar-refractivity contribution in [3.8, 4) is 0 Å². The molecule has 4 nitrogen and oxygen atoms in total. The number of amides is 1. The zero-order valence-electron chi connectivity index (χ0n) is 10.4. The Morgan fingerprint density at radius 2 is 1.76 bits per heavy atom. The topological polar surface area (TPSA) is 66.4 Å². The van der Waals surface area contributed by atoms with E-state index < -0.39 is 23.5 Å². The summed E-state index contributed by atoms with van der Waals surface area (Å²) in [5.74, 6) is -4.19. The molecular weight excluding hydrogens is 348 g/mol. The average molecular weight is 356 g/mol. The summed E-state index contributed by atoms with van der Waals surface area (Å²) < 4.78 is 26.4. The number of aromatic carboxylic acids is 1. The van der Waals surface area contributed by atoms with E-state index in [2.05, 4.69) is 21.2 Å². The monoisotopic (exact) mass is 355 g/mol. The number of carboxylic acids is 1. The first-order valence-electron chi connectivity index (χ1n) is 5.67.